The van der Waals surface area contributed by atoms with Crippen LogP contribution >= 0.6 is 22.7 Å². The second kappa shape index (κ2) is 13.4. The summed E-state index contributed by atoms with van der Waals surface area (Å²) in [6.07, 6.45) is 17.2. The van der Waals surface area contributed by atoms with Crippen molar-refractivity contribution in [3.05, 3.63) is 50.1 Å². The Kier molecular flexibility index (Phi) is 10.8. The summed E-state index contributed by atoms with van der Waals surface area (Å²) in [5.41, 5.74) is 3.08. The number of allylic oxidation sites excluding steroid dienone is 3. The number of thiophene rings is 2. The van der Waals surface area contributed by atoms with E-state index in [4.69, 9.17) is 0 Å². The van der Waals surface area contributed by atoms with Crippen LogP contribution in [0.3, 0.4) is 0 Å². The Hall–Kier alpha value is -1.17. The lowest BCUT2D eigenvalue weighted by Crippen LogP contribution is -2.31. The Morgan fingerprint density at radius 2 is 1.36 bits per heavy atom. The van der Waals surface area contributed by atoms with Crippen LogP contribution in [0.15, 0.2) is 29.2 Å². The molecule has 0 amide bonds. The molecule has 42 heavy (non-hydrogen) atoms. The molecule has 0 saturated carbocycles. The fraction of sp³-hybridized carbons (Fsp3) is 0.676. The lowest BCUT2D eigenvalue weighted by Gasteiger charge is -2.38. The normalized spacial score (nSPS) is 20.9. The van der Waals surface area contributed by atoms with Gasteiger partial charge in [-0.1, -0.05) is 114 Å². The minimum Gasteiger partial charge on any atom is -0.219 e. The zero-order valence-corrected chi connectivity index (χ0v) is 30.3. The quantitative estimate of drug-likeness (QED) is 0.185. The van der Waals surface area contributed by atoms with E-state index in [1.165, 1.54) is 84.4 Å². The monoisotopic (exact) mass is 628 g/mol. The van der Waals surface area contributed by atoms with Crippen LogP contribution in [0.1, 0.15) is 154 Å². The Bertz CT molecular complexity index is 1380. The van der Waals surface area contributed by atoms with Gasteiger partial charge in [-0.05, 0) is 77.8 Å². The van der Waals surface area contributed by atoms with Crippen molar-refractivity contribution in [2.75, 3.05) is 0 Å². The standard InChI is InChI=1S/C37H56O2S3/c1-10-15-17-26(12-3)23-37(24-27(13-4)18-16-11-2)28-21-30(32-20-19-31(25(6)7)42(32,38)39)40-34(28)35-29(37)22-33(41-35)36(8,9)14-5/h19-22,25-27H,10-18,23-24H2,1-9H3. The number of hydrogen-bond donors (Lipinski definition) is 0. The highest BCUT2D eigenvalue weighted by atomic mass is 32.2. The fourth-order valence-corrected chi connectivity index (χ4v) is 12.1. The highest BCUT2D eigenvalue weighted by molar-refractivity contribution is 8.04. The van der Waals surface area contributed by atoms with E-state index >= 15 is 0 Å². The first kappa shape index (κ1) is 33.7. The van der Waals surface area contributed by atoms with Gasteiger partial charge in [-0.15, -0.1) is 22.7 Å². The van der Waals surface area contributed by atoms with Crippen molar-refractivity contribution in [3.63, 3.8) is 0 Å². The van der Waals surface area contributed by atoms with Crippen LogP contribution in [0.5, 0.6) is 0 Å². The van der Waals surface area contributed by atoms with E-state index in [0.29, 0.717) is 21.6 Å². The van der Waals surface area contributed by atoms with Crippen molar-refractivity contribution in [1.29, 1.82) is 0 Å². The van der Waals surface area contributed by atoms with E-state index in [1.54, 1.807) is 16.9 Å². The molecule has 2 atom stereocenters. The third-order valence-corrected chi connectivity index (χ3v) is 15.5. The van der Waals surface area contributed by atoms with Crippen molar-refractivity contribution < 1.29 is 8.42 Å². The molecule has 2 aromatic rings. The Labute approximate surface area is 266 Å². The van der Waals surface area contributed by atoms with E-state index in [0.717, 1.165) is 11.3 Å². The van der Waals surface area contributed by atoms with Crippen LogP contribution in [0.25, 0.3) is 14.7 Å². The molecule has 2 aromatic heterocycles. The van der Waals surface area contributed by atoms with Crippen molar-refractivity contribution in [2.24, 2.45) is 17.8 Å². The molecule has 4 rings (SSSR count). The van der Waals surface area contributed by atoms with Crippen molar-refractivity contribution in [3.8, 4) is 9.75 Å². The first-order chi connectivity index (χ1) is 19.9. The average Bonchev–Trinajstić information content (AvgIpc) is 3.70. The van der Waals surface area contributed by atoms with E-state index in [2.05, 4.69) is 60.6 Å². The molecule has 0 aromatic carbocycles. The van der Waals surface area contributed by atoms with Crippen LogP contribution in [0.4, 0.5) is 0 Å². The van der Waals surface area contributed by atoms with Gasteiger partial charge in [0.2, 0.25) is 9.84 Å². The highest BCUT2D eigenvalue weighted by Gasteiger charge is 2.49. The van der Waals surface area contributed by atoms with Gasteiger partial charge >= 0.3 is 0 Å². The van der Waals surface area contributed by atoms with Crippen molar-refractivity contribution in [1.82, 2.24) is 0 Å². The summed E-state index contributed by atoms with van der Waals surface area (Å²) in [7, 11) is -3.45. The Morgan fingerprint density at radius 1 is 0.810 bits per heavy atom. The minimum absolute atomic E-state index is 0.00913. The molecule has 2 nitrogen and oxygen atoms in total. The van der Waals surface area contributed by atoms with Crippen LogP contribution in [0, 0.1) is 17.8 Å². The molecule has 5 heteroatoms. The smallest absolute Gasteiger partial charge is 0.204 e. The second-order valence-electron chi connectivity index (χ2n) is 14.0. The predicted molar refractivity (Wildman–Crippen MR) is 187 cm³/mol. The first-order valence-electron chi connectivity index (χ1n) is 16.9. The van der Waals surface area contributed by atoms with Crippen LogP contribution < -0.4 is 0 Å². The summed E-state index contributed by atoms with van der Waals surface area (Å²) < 4.78 is 27.4. The fourth-order valence-electron chi connectivity index (χ4n) is 7.18. The molecule has 1 aliphatic heterocycles. The molecule has 0 N–H and O–H groups in total. The van der Waals surface area contributed by atoms with Crippen LogP contribution in [-0.2, 0) is 20.7 Å². The van der Waals surface area contributed by atoms with E-state index in [-0.39, 0.29) is 16.7 Å². The zero-order valence-electron chi connectivity index (χ0n) is 27.9. The minimum atomic E-state index is -3.45. The predicted octanol–water partition coefficient (Wildman–Crippen LogP) is 12.3. The topological polar surface area (TPSA) is 34.1 Å². The third-order valence-electron chi connectivity index (χ3n) is 10.4. The van der Waals surface area contributed by atoms with Gasteiger partial charge in [0, 0.05) is 24.9 Å². The molecule has 0 bridgehead atoms. The van der Waals surface area contributed by atoms with E-state index in [9.17, 15) is 8.42 Å². The lowest BCUT2D eigenvalue weighted by atomic mass is 9.65. The molecule has 0 radical (unpaired) electrons. The molecule has 1 aliphatic carbocycles. The maximum Gasteiger partial charge on any atom is 0.204 e. The average molecular weight is 629 g/mol. The summed E-state index contributed by atoms with van der Waals surface area (Å²) in [5, 5.41) is 0. The van der Waals surface area contributed by atoms with E-state index in [1.807, 2.05) is 37.3 Å². The van der Waals surface area contributed by atoms with Gasteiger partial charge in [0.1, 0.15) is 0 Å². The molecule has 2 unspecified atom stereocenters. The molecule has 2 aliphatic rings. The molecule has 0 fully saturated rings. The van der Waals surface area contributed by atoms with Crippen LogP contribution in [-0.4, -0.2) is 8.42 Å². The van der Waals surface area contributed by atoms with Gasteiger partial charge in [0.15, 0.2) is 0 Å². The van der Waals surface area contributed by atoms with Gasteiger partial charge in [0.05, 0.1) is 9.81 Å². The molecular formula is C37H56O2S3. The summed E-state index contributed by atoms with van der Waals surface area (Å²) in [4.78, 5) is 6.28. The van der Waals surface area contributed by atoms with Gasteiger partial charge in [0.25, 0.3) is 0 Å². The third kappa shape index (κ3) is 6.18. The number of sulfone groups is 1. The maximum absolute atomic E-state index is 13.7. The SMILES string of the molecule is CCCCC(CC)CC1(CC(CC)CCCC)c2cc(C3=CC=C(C(C)C)S3(=O)=O)sc2-c2sc(C(C)(C)CC)cc21. The Balaban J connectivity index is 1.94. The molecule has 0 spiro atoms. The number of unbranched alkanes of at least 4 members (excludes halogenated alkanes) is 2. The number of fused-ring (bicyclic) bond motifs is 3. The van der Waals surface area contributed by atoms with Gasteiger partial charge in [-0.3, -0.25) is 0 Å². The second-order valence-corrected chi connectivity index (χ2v) is 18.0. The van der Waals surface area contributed by atoms with Crippen molar-refractivity contribution >= 4 is 37.4 Å². The molecular weight excluding hydrogens is 573 g/mol. The number of rotatable bonds is 16. The van der Waals surface area contributed by atoms with Gasteiger partial charge in [-0.25, -0.2) is 8.42 Å². The number of hydrogen-bond acceptors (Lipinski definition) is 4. The maximum atomic E-state index is 13.7. The summed E-state index contributed by atoms with van der Waals surface area (Å²) >= 11 is 3.74. The summed E-state index contributed by atoms with van der Waals surface area (Å²) in [6, 6.07) is 4.93. The Morgan fingerprint density at radius 3 is 1.83 bits per heavy atom. The van der Waals surface area contributed by atoms with Crippen molar-refractivity contribution in [2.45, 2.75) is 144 Å². The summed E-state index contributed by atoms with van der Waals surface area (Å²) in [6.45, 7) is 20.4. The van der Waals surface area contributed by atoms with Crippen LogP contribution in [0.2, 0.25) is 0 Å². The van der Waals surface area contributed by atoms with Gasteiger partial charge < -0.3 is 0 Å². The largest absolute Gasteiger partial charge is 0.219 e. The lowest BCUT2D eigenvalue weighted by molar-refractivity contribution is 0.266. The first-order valence-corrected chi connectivity index (χ1v) is 20.0. The van der Waals surface area contributed by atoms with E-state index < -0.39 is 9.84 Å². The molecule has 3 heterocycles. The summed E-state index contributed by atoms with van der Waals surface area (Å²) in [5.74, 6) is 1.33. The highest BCUT2D eigenvalue weighted by Crippen LogP contribution is 2.62. The molecule has 0 saturated heterocycles. The molecule has 234 valence electrons. The van der Waals surface area contributed by atoms with Gasteiger partial charge in [-0.2, -0.15) is 0 Å². The zero-order chi connectivity index (χ0) is 30.9.